The smallest absolute Gasteiger partial charge is 0.319 e. The summed E-state index contributed by atoms with van der Waals surface area (Å²) in [6.45, 7) is 2.89. The van der Waals surface area contributed by atoms with Crippen molar-refractivity contribution in [3.05, 3.63) is 66.0 Å². The molecule has 26 heavy (non-hydrogen) atoms. The fraction of sp³-hybridized carbons (Fsp3) is 0.368. The molecule has 0 fully saturated rings. The number of carboxylic acids is 1. The fourth-order valence-corrected chi connectivity index (χ4v) is 5.91. The molecular weight excluding hydrogens is 356 g/mol. The average molecular weight is 379 g/mol. The van der Waals surface area contributed by atoms with E-state index in [0.717, 1.165) is 0 Å². The Labute approximate surface area is 152 Å². The van der Waals surface area contributed by atoms with Crippen LogP contribution in [0.5, 0.6) is 0 Å². The third-order valence-electron chi connectivity index (χ3n) is 4.91. The zero-order chi connectivity index (χ0) is 19.4. The van der Waals surface area contributed by atoms with E-state index in [1.165, 1.54) is 26.1 Å². The SMILES string of the molecule is CCC(C(=O)O)(c1ccccn1)C(F)(CC)P(=O)(O)Cc1ccccc1. The second-order valence-electron chi connectivity index (χ2n) is 6.24. The number of benzene rings is 1. The van der Waals surface area contributed by atoms with E-state index in [1.54, 1.807) is 42.5 Å². The third kappa shape index (κ3) is 3.19. The molecule has 0 spiro atoms. The minimum absolute atomic E-state index is 0.0540. The Kier molecular flexibility index (Phi) is 5.99. The molecule has 5 nitrogen and oxygen atoms in total. The van der Waals surface area contributed by atoms with E-state index in [0.29, 0.717) is 5.56 Å². The summed E-state index contributed by atoms with van der Waals surface area (Å²) >= 11 is 0. The molecule has 0 saturated heterocycles. The van der Waals surface area contributed by atoms with E-state index in [-0.39, 0.29) is 12.1 Å². The third-order valence-corrected chi connectivity index (χ3v) is 7.51. The second kappa shape index (κ2) is 7.68. The predicted octanol–water partition coefficient (Wildman–Crippen LogP) is 4.36. The Morgan fingerprint density at radius 3 is 2.19 bits per heavy atom. The molecule has 2 N–H and O–H groups in total. The highest BCUT2D eigenvalue weighted by atomic mass is 31.2. The second-order valence-corrected chi connectivity index (χ2v) is 8.67. The first-order valence-electron chi connectivity index (χ1n) is 8.45. The summed E-state index contributed by atoms with van der Waals surface area (Å²) in [5, 5.41) is 7.09. The molecule has 0 radical (unpaired) electrons. The maximum Gasteiger partial charge on any atom is 0.319 e. The van der Waals surface area contributed by atoms with Crippen LogP contribution < -0.4 is 0 Å². The lowest BCUT2D eigenvalue weighted by atomic mass is 9.75. The first-order valence-corrected chi connectivity index (χ1v) is 10.3. The normalized spacial score (nSPS) is 18.3. The maximum atomic E-state index is 16.3. The van der Waals surface area contributed by atoms with Crippen LogP contribution in [-0.2, 0) is 20.9 Å². The van der Waals surface area contributed by atoms with Crippen LogP contribution in [0.15, 0.2) is 54.7 Å². The first kappa shape index (κ1) is 20.3. The molecule has 1 aromatic heterocycles. The topological polar surface area (TPSA) is 87.5 Å². The van der Waals surface area contributed by atoms with Crippen molar-refractivity contribution in [2.75, 3.05) is 0 Å². The number of nitrogens with zero attached hydrogens (tertiary/aromatic N) is 1. The Hall–Kier alpha value is -2.04. The van der Waals surface area contributed by atoms with Gasteiger partial charge in [-0.2, -0.15) is 0 Å². The maximum absolute atomic E-state index is 16.3. The summed E-state index contributed by atoms with van der Waals surface area (Å²) in [6, 6.07) is 12.9. The number of carboxylic acid groups (broad SMARTS) is 1. The van der Waals surface area contributed by atoms with Crippen molar-refractivity contribution in [1.29, 1.82) is 0 Å². The molecule has 0 aliphatic rings. The van der Waals surface area contributed by atoms with E-state index in [4.69, 9.17) is 0 Å². The van der Waals surface area contributed by atoms with Crippen LogP contribution in [0.4, 0.5) is 4.39 Å². The molecule has 0 bridgehead atoms. The summed E-state index contributed by atoms with van der Waals surface area (Å²) in [7, 11) is -4.58. The summed E-state index contributed by atoms with van der Waals surface area (Å²) < 4.78 is 29.5. The van der Waals surface area contributed by atoms with Crippen molar-refractivity contribution in [1.82, 2.24) is 4.98 Å². The van der Waals surface area contributed by atoms with Crippen molar-refractivity contribution in [2.45, 2.75) is 43.7 Å². The van der Waals surface area contributed by atoms with Crippen molar-refractivity contribution in [2.24, 2.45) is 0 Å². The van der Waals surface area contributed by atoms with Crippen molar-refractivity contribution >= 4 is 13.3 Å². The highest BCUT2D eigenvalue weighted by Crippen LogP contribution is 2.67. The van der Waals surface area contributed by atoms with Crippen molar-refractivity contribution < 1.29 is 23.7 Å². The molecule has 3 atom stereocenters. The van der Waals surface area contributed by atoms with Gasteiger partial charge in [0.05, 0.1) is 11.9 Å². The molecule has 0 aliphatic carbocycles. The van der Waals surface area contributed by atoms with Gasteiger partial charge in [-0.3, -0.25) is 14.3 Å². The van der Waals surface area contributed by atoms with Gasteiger partial charge in [0, 0.05) is 6.20 Å². The summed E-state index contributed by atoms with van der Waals surface area (Å²) in [5.41, 5.74) is -1.80. The van der Waals surface area contributed by atoms with E-state index < -0.39 is 36.7 Å². The lowest BCUT2D eigenvalue weighted by molar-refractivity contribution is -0.149. The molecule has 3 unspecified atom stereocenters. The summed E-state index contributed by atoms with van der Waals surface area (Å²) in [5.74, 6) is -1.50. The molecule has 0 saturated carbocycles. The Morgan fingerprint density at radius 1 is 1.12 bits per heavy atom. The van der Waals surface area contributed by atoms with Crippen molar-refractivity contribution in [3.63, 3.8) is 0 Å². The van der Waals surface area contributed by atoms with Gasteiger partial charge in [0.15, 0.2) is 5.41 Å². The van der Waals surface area contributed by atoms with Crippen molar-refractivity contribution in [3.8, 4) is 0 Å². The number of hydrogen-bond acceptors (Lipinski definition) is 3. The predicted molar refractivity (Wildman–Crippen MR) is 97.9 cm³/mol. The number of carbonyl (C=O) groups is 1. The number of rotatable bonds is 8. The molecule has 0 amide bonds. The van der Waals surface area contributed by atoms with Crippen LogP contribution in [0.3, 0.4) is 0 Å². The van der Waals surface area contributed by atoms with Gasteiger partial charge in [-0.05, 0) is 30.5 Å². The molecule has 2 rings (SSSR count). The Bertz CT molecular complexity index is 802. The van der Waals surface area contributed by atoms with Gasteiger partial charge in [-0.15, -0.1) is 0 Å². The van der Waals surface area contributed by atoms with Gasteiger partial charge in [-0.1, -0.05) is 50.2 Å². The molecule has 140 valence electrons. The van der Waals surface area contributed by atoms with Crippen LogP contribution in [0.1, 0.15) is 37.9 Å². The van der Waals surface area contributed by atoms with Crippen LogP contribution in [0.25, 0.3) is 0 Å². The molecular formula is C19H23FNO4P. The highest BCUT2D eigenvalue weighted by molar-refractivity contribution is 7.58. The van der Waals surface area contributed by atoms with Gasteiger partial charge in [0.2, 0.25) is 12.8 Å². The lowest BCUT2D eigenvalue weighted by Gasteiger charge is -2.43. The first-order chi connectivity index (χ1) is 12.2. The average Bonchev–Trinajstić information content (AvgIpc) is 2.63. The summed E-state index contributed by atoms with van der Waals surface area (Å²) in [4.78, 5) is 27.0. The minimum Gasteiger partial charge on any atom is -0.480 e. The summed E-state index contributed by atoms with van der Waals surface area (Å²) in [6.07, 6.45) is 0.283. The quantitative estimate of drug-likeness (QED) is 0.666. The fourth-order valence-electron chi connectivity index (χ4n) is 3.49. The van der Waals surface area contributed by atoms with Crippen LogP contribution in [-0.4, -0.2) is 26.4 Å². The zero-order valence-electron chi connectivity index (χ0n) is 14.8. The van der Waals surface area contributed by atoms with E-state index >= 15 is 4.39 Å². The number of alkyl halides is 1. The highest BCUT2D eigenvalue weighted by Gasteiger charge is 2.66. The van der Waals surface area contributed by atoms with E-state index in [2.05, 4.69) is 4.98 Å². The van der Waals surface area contributed by atoms with Gasteiger partial charge < -0.3 is 10.00 Å². The number of hydrogen-bond donors (Lipinski definition) is 2. The largest absolute Gasteiger partial charge is 0.480 e. The molecule has 2 aromatic rings. The van der Waals surface area contributed by atoms with E-state index in [1.807, 2.05) is 0 Å². The Balaban J connectivity index is 2.66. The molecule has 1 heterocycles. The molecule has 1 aromatic carbocycles. The monoisotopic (exact) mass is 379 g/mol. The molecule has 7 heteroatoms. The number of aromatic nitrogens is 1. The van der Waals surface area contributed by atoms with Crippen LogP contribution >= 0.6 is 7.37 Å². The standard InChI is InChI=1S/C19H23FNO4P/c1-3-18(17(22)23,16-12-8-9-13-21-16)19(20,4-2)26(24,25)14-15-10-6-5-7-11-15/h5-13H,3-4,14H2,1-2H3,(H,22,23)(H,24,25). The number of aliphatic carboxylic acids is 1. The molecule has 0 aliphatic heterocycles. The van der Waals surface area contributed by atoms with Gasteiger partial charge in [0.25, 0.3) is 0 Å². The van der Waals surface area contributed by atoms with Gasteiger partial charge >= 0.3 is 5.97 Å². The van der Waals surface area contributed by atoms with Crippen LogP contribution in [0, 0.1) is 0 Å². The van der Waals surface area contributed by atoms with Gasteiger partial charge in [0.1, 0.15) is 0 Å². The number of halogens is 1. The lowest BCUT2D eigenvalue weighted by Crippen LogP contribution is -2.54. The minimum atomic E-state index is -4.58. The van der Waals surface area contributed by atoms with Gasteiger partial charge in [-0.25, -0.2) is 4.39 Å². The zero-order valence-corrected chi connectivity index (χ0v) is 15.7. The Morgan fingerprint density at radius 2 is 1.73 bits per heavy atom. The number of pyridine rings is 1. The van der Waals surface area contributed by atoms with Crippen LogP contribution in [0.2, 0.25) is 0 Å². The van der Waals surface area contributed by atoms with E-state index in [9.17, 15) is 19.4 Å².